The van der Waals surface area contributed by atoms with Crippen LogP contribution < -0.4 is 5.32 Å². The predicted molar refractivity (Wildman–Crippen MR) is 62.5 cm³/mol. The smallest absolute Gasteiger partial charge is 0.0808 e. The zero-order valence-corrected chi connectivity index (χ0v) is 10.3. The monoisotopic (exact) mass is 199 g/mol. The topological polar surface area (TPSA) is 21.3 Å². The Morgan fingerprint density at radius 2 is 2.00 bits per heavy atom. The normalized spacial score (nSPS) is 16.4. The molecule has 0 aliphatic rings. The molecule has 0 radical (unpaired) electrons. The van der Waals surface area contributed by atoms with Crippen LogP contribution in [0.15, 0.2) is 12.7 Å². The third-order valence-electron chi connectivity index (χ3n) is 2.32. The lowest BCUT2D eigenvalue weighted by Crippen LogP contribution is -2.46. The molecule has 0 aromatic carbocycles. The number of ether oxygens (including phenoxy) is 1. The van der Waals surface area contributed by atoms with Gasteiger partial charge in [-0.2, -0.15) is 0 Å². The van der Waals surface area contributed by atoms with E-state index in [1.807, 2.05) is 6.08 Å². The maximum atomic E-state index is 5.53. The van der Waals surface area contributed by atoms with E-state index in [0.717, 1.165) is 13.0 Å². The van der Waals surface area contributed by atoms with Crippen molar-refractivity contribution < 1.29 is 4.74 Å². The first-order valence-electron chi connectivity index (χ1n) is 5.36. The fourth-order valence-corrected chi connectivity index (χ4v) is 1.66. The number of hydrogen-bond donors (Lipinski definition) is 1. The van der Waals surface area contributed by atoms with Crippen LogP contribution in [-0.4, -0.2) is 25.8 Å². The molecule has 0 rings (SSSR count). The SMILES string of the molecule is C=CC(NCCC)C(OC)C(C)(C)C. The van der Waals surface area contributed by atoms with Gasteiger partial charge in [-0.05, 0) is 18.4 Å². The van der Waals surface area contributed by atoms with E-state index in [0.29, 0.717) is 0 Å². The Morgan fingerprint density at radius 1 is 1.43 bits per heavy atom. The van der Waals surface area contributed by atoms with Crippen LogP contribution in [0.3, 0.4) is 0 Å². The molecule has 2 atom stereocenters. The van der Waals surface area contributed by atoms with Crippen molar-refractivity contribution in [2.75, 3.05) is 13.7 Å². The van der Waals surface area contributed by atoms with Crippen LogP contribution in [-0.2, 0) is 4.74 Å². The minimum atomic E-state index is 0.133. The van der Waals surface area contributed by atoms with E-state index < -0.39 is 0 Å². The lowest BCUT2D eigenvalue weighted by Gasteiger charge is -2.35. The average molecular weight is 199 g/mol. The van der Waals surface area contributed by atoms with Crippen molar-refractivity contribution in [1.82, 2.24) is 5.32 Å². The second kappa shape index (κ2) is 6.20. The van der Waals surface area contributed by atoms with Gasteiger partial charge in [-0.15, -0.1) is 6.58 Å². The highest BCUT2D eigenvalue weighted by molar-refractivity contribution is 4.96. The molecule has 0 aliphatic carbocycles. The lowest BCUT2D eigenvalue weighted by molar-refractivity contribution is 0.000342. The number of rotatable bonds is 6. The van der Waals surface area contributed by atoms with Crippen LogP contribution in [0.5, 0.6) is 0 Å². The Morgan fingerprint density at radius 3 is 2.29 bits per heavy atom. The largest absolute Gasteiger partial charge is 0.379 e. The Kier molecular flexibility index (Phi) is 6.05. The third-order valence-corrected chi connectivity index (χ3v) is 2.32. The first-order valence-corrected chi connectivity index (χ1v) is 5.36. The van der Waals surface area contributed by atoms with E-state index in [1.54, 1.807) is 7.11 Å². The Bertz CT molecular complexity index is 160. The van der Waals surface area contributed by atoms with Gasteiger partial charge in [-0.3, -0.25) is 0 Å². The van der Waals surface area contributed by atoms with Crippen LogP contribution in [0.1, 0.15) is 34.1 Å². The van der Waals surface area contributed by atoms with E-state index in [2.05, 4.69) is 39.6 Å². The summed E-state index contributed by atoms with van der Waals surface area (Å²) in [5.74, 6) is 0. The maximum absolute atomic E-state index is 5.53. The summed E-state index contributed by atoms with van der Waals surface area (Å²) < 4.78 is 5.53. The summed E-state index contributed by atoms with van der Waals surface area (Å²) in [6, 6.07) is 0.236. The van der Waals surface area contributed by atoms with Crippen molar-refractivity contribution in [3.63, 3.8) is 0 Å². The molecule has 14 heavy (non-hydrogen) atoms. The summed E-state index contributed by atoms with van der Waals surface area (Å²) in [6.07, 6.45) is 3.24. The van der Waals surface area contributed by atoms with Crippen LogP contribution in [0, 0.1) is 5.41 Å². The molecule has 0 saturated carbocycles. The maximum Gasteiger partial charge on any atom is 0.0808 e. The summed E-state index contributed by atoms with van der Waals surface area (Å²) in [5, 5.41) is 3.43. The molecule has 0 saturated heterocycles. The first kappa shape index (κ1) is 13.7. The van der Waals surface area contributed by atoms with Gasteiger partial charge in [-0.1, -0.05) is 33.8 Å². The van der Waals surface area contributed by atoms with Crippen molar-refractivity contribution in [3.8, 4) is 0 Å². The highest BCUT2D eigenvalue weighted by Gasteiger charge is 2.30. The Labute approximate surface area is 88.7 Å². The second-order valence-electron chi connectivity index (χ2n) is 4.74. The third kappa shape index (κ3) is 4.25. The molecule has 84 valence electrons. The summed E-state index contributed by atoms with van der Waals surface area (Å²) >= 11 is 0. The molecule has 0 heterocycles. The summed E-state index contributed by atoms with van der Waals surface area (Å²) in [7, 11) is 1.76. The first-order chi connectivity index (χ1) is 6.47. The minimum Gasteiger partial charge on any atom is -0.379 e. The second-order valence-corrected chi connectivity index (χ2v) is 4.74. The molecule has 1 N–H and O–H groups in total. The van der Waals surface area contributed by atoms with Gasteiger partial charge < -0.3 is 10.1 Å². The van der Waals surface area contributed by atoms with Crippen LogP contribution in [0.2, 0.25) is 0 Å². The highest BCUT2D eigenvalue weighted by Crippen LogP contribution is 2.24. The molecule has 2 heteroatoms. The zero-order valence-electron chi connectivity index (χ0n) is 10.3. The Balaban J connectivity index is 4.37. The molecule has 2 unspecified atom stereocenters. The standard InChI is InChI=1S/C12H25NO/c1-7-9-13-10(8-2)11(14-6)12(3,4)5/h8,10-11,13H,2,7,9H2,1,3-6H3. The molecule has 2 nitrogen and oxygen atoms in total. The molecule has 0 aliphatic heterocycles. The summed E-state index contributed by atoms with van der Waals surface area (Å²) in [4.78, 5) is 0. The number of methoxy groups -OCH3 is 1. The minimum absolute atomic E-state index is 0.133. The zero-order chi connectivity index (χ0) is 11.2. The fraction of sp³-hybridized carbons (Fsp3) is 0.833. The van der Waals surface area contributed by atoms with Gasteiger partial charge in [0.05, 0.1) is 12.1 Å². The lowest BCUT2D eigenvalue weighted by atomic mass is 9.84. The van der Waals surface area contributed by atoms with Crippen LogP contribution >= 0.6 is 0 Å². The molecular formula is C12H25NO. The van der Waals surface area contributed by atoms with Gasteiger partial charge in [0.15, 0.2) is 0 Å². The fourth-order valence-electron chi connectivity index (χ4n) is 1.66. The van der Waals surface area contributed by atoms with Crippen molar-refractivity contribution in [3.05, 3.63) is 12.7 Å². The predicted octanol–water partition coefficient (Wildman–Crippen LogP) is 2.60. The quantitative estimate of drug-likeness (QED) is 0.664. The van der Waals surface area contributed by atoms with Crippen molar-refractivity contribution in [2.24, 2.45) is 5.41 Å². The van der Waals surface area contributed by atoms with Gasteiger partial charge in [0, 0.05) is 7.11 Å². The van der Waals surface area contributed by atoms with Crippen LogP contribution in [0.4, 0.5) is 0 Å². The van der Waals surface area contributed by atoms with Gasteiger partial charge in [-0.25, -0.2) is 0 Å². The van der Waals surface area contributed by atoms with Gasteiger partial charge in [0.1, 0.15) is 0 Å². The molecular weight excluding hydrogens is 174 g/mol. The van der Waals surface area contributed by atoms with Crippen LogP contribution in [0.25, 0.3) is 0 Å². The van der Waals surface area contributed by atoms with Gasteiger partial charge in [0.2, 0.25) is 0 Å². The van der Waals surface area contributed by atoms with Gasteiger partial charge in [0.25, 0.3) is 0 Å². The molecule has 0 spiro atoms. The molecule has 0 fully saturated rings. The van der Waals surface area contributed by atoms with Crippen molar-refractivity contribution >= 4 is 0 Å². The molecule has 0 aromatic rings. The molecule has 0 aromatic heterocycles. The van der Waals surface area contributed by atoms with Gasteiger partial charge >= 0.3 is 0 Å². The van der Waals surface area contributed by atoms with E-state index in [1.165, 1.54) is 0 Å². The van der Waals surface area contributed by atoms with E-state index in [-0.39, 0.29) is 17.6 Å². The van der Waals surface area contributed by atoms with Crippen molar-refractivity contribution in [2.45, 2.75) is 46.3 Å². The average Bonchev–Trinajstić information content (AvgIpc) is 2.09. The number of nitrogens with one attached hydrogen (secondary N) is 1. The van der Waals surface area contributed by atoms with E-state index >= 15 is 0 Å². The Hall–Kier alpha value is -0.340. The van der Waals surface area contributed by atoms with E-state index in [9.17, 15) is 0 Å². The van der Waals surface area contributed by atoms with E-state index in [4.69, 9.17) is 4.74 Å². The number of hydrogen-bond acceptors (Lipinski definition) is 2. The molecule has 0 bridgehead atoms. The summed E-state index contributed by atoms with van der Waals surface area (Å²) in [5.41, 5.74) is 0.133. The highest BCUT2D eigenvalue weighted by atomic mass is 16.5. The summed E-state index contributed by atoms with van der Waals surface area (Å²) in [6.45, 7) is 13.6. The van der Waals surface area contributed by atoms with Crippen molar-refractivity contribution in [1.29, 1.82) is 0 Å². The molecule has 0 amide bonds.